The first-order valence-corrected chi connectivity index (χ1v) is 6.07. The van der Waals surface area contributed by atoms with Gasteiger partial charge in [0.05, 0.1) is 4.92 Å². The minimum atomic E-state index is -0.417. The third-order valence-corrected chi connectivity index (χ3v) is 3.38. The van der Waals surface area contributed by atoms with E-state index in [-0.39, 0.29) is 24.3 Å². The number of ether oxygens (including phenoxy) is 2. The van der Waals surface area contributed by atoms with Crippen LogP contribution in [0.1, 0.15) is 30.9 Å². The van der Waals surface area contributed by atoms with Gasteiger partial charge >= 0.3 is 5.69 Å². The summed E-state index contributed by atoms with van der Waals surface area (Å²) in [5.41, 5.74) is 0.901. The molecule has 0 bridgehead atoms. The number of nitro benzene ring substituents is 1. The second-order valence-corrected chi connectivity index (χ2v) is 4.53. The molecule has 0 spiro atoms. The number of rotatable bonds is 2. The third-order valence-electron chi connectivity index (χ3n) is 3.38. The number of nitrogens with one attached hydrogen (secondary N) is 1. The summed E-state index contributed by atoms with van der Waals surface area (Å²) in [4.78, 5) is 10.6. The Bertz CT molecular complexity index is 483. The lowest BCUT2D eigenvalue weighted by Crippen LogP contribution is -2.26. The highest BCUT2D eigenvalue weighted by atomic mass is 16.7. The quantitative estimate of drug-likeness (QED) is 0.643. The molecule has 2 aliphatic heterocycles. The molecule has 0 aliphatic carbocycles. The molecule has 18 heavy (non-hydrogen) atoms. The average Bonchev–Trinajstić information content (AvgIpc) is 2.86. The second-order valence-electron chi connectivity index (χ2n) is 4.53. The summed E-state index contributed by atoms with van der Waals surface area (Å²) in [6.45, 7) is 1.00. The zero-order valence-electron chi connectivity index (χ0n) is 9.85. The standard InChI is InChI=1S/C12H14N2O4/c15-14(16)10-5-8(9-3-1-2-4-13-9)6-11-12(10)18-7-17-11/h5-6,9,13H,1-4,7H2. The van der Waals surface area contributed by atoms with Crippen molar-refractivity contribution in [1.82, 2.24) is 5.32 Å². The lowest BCUT2D eigenvalue weighted by molar-refractivity contribution is -0.385. The first-order chi connectivity index (χ1) is 8.75. The molecule has 0 amide bonds. The molecule has 1 atom stereocenters. The molecule has 1 aromatic rings. The molecule has 1 N–H and O–H groups in total. The number of piperidine rings is 1. The molecule has 3 rings (SSSR count). The van der Waals surface area contributed by atoms with Crippen LogP contribution in [0.4, 0.5) is 5.69 Å². The maximum Gasteiger partial charge on any atom is 0.315 e. The van der Waals surface area contributed by atoms with Crippen LogP contribution in [0.3, 0.4) is 0 Å². The smallest absolute Gasteiger partial charge is 0.315 e. The topological polar surface area (TPSA) is 73.6 Å². The Hall–Kier alpha value is -1.82. The number of hydrogen-bond donors (Lipinski definition) is 1. The van der Waals surface area contributed by atoms with E-state index >= 15 is 0 Å². The van der Waals surface area contributed by atoms with Crippen LogP contribution >= 0.6 is 0 Å². The molecular formula is C12H14N2O4. The van der Waals surface area contributed by atoms with Gasteiger partial charge in [0.2, 0.25) is 12.5 Å². The van der Waals surface area contributed by atoms with Crippen LogP contribution in [0.15, 0.2) is 12.1 Å². The molecule has 6 nitrogen and oxygen atoms in total. The van der Waals surface area contributed by atoms with E-state index in [2.05, 4.69) is 5.32 Å². The Labute approximate surface area is 104 Å². The van der Waals surface area contributed by atoms with E-state index in [1.54, 1.807) is 6.07 Å². The Morgan fingerprint density at radius 2 is 2.22 bits per heavy atom. The summed E-state index contributed by atoms with van der Waals surface area (Å²) < 4.78 is 10.4. The minimum Gasteiger partial charge on any atom is -0.453 e. The van der Waals surface area contributed by atoms with Crippen LogP contribution in [0.5, 0.6) is 11.5 Å². The molecule has 1 unspecified atom stereocenters. The first kappa shape index (κ1) is 11.3. The van der Waals surface area contributed by atoms with Crippen molar-refractivity contribution in [2.75, 3.05) is 13.3 Å². The molecule has 2 aliphatic rings. The van der Waals surface area contributed by atoms with Gasteiger partial charge in [0, 0.05) is 12.1 Å². The summed E-state index contributed by atoms with van der Waals surface area (Å²) in [6, 6.07) is 3.61. The molecule has 1 aromatic carbocycles. The highest BCUT2D eigenvalue weighted by Gasteiger charge is 2.29. The van der Waals surface area contributed by atoms with Crippen molar-refractivity contribution >= 4 is 5.69 Å². The van der Waals surface area contributed by atoms with Crippen LogP contribution in [0.25, 0.3) is 0 Å². The predicted molar refractivity (Wildman–Crippen MR) is 63.8 cm³/mol. The average molecular weight is 250 g/mol. The molecule has 0 aromatic heterocycles. The Morgan fingerprint density at radius 1 is 1.33 bits per heavy atom. The number of hydrogen-bond acceptors (Lipinski definition) is 5. The Kier molecular flexibility index (Phi) is 2.79. The maximum atomic E-state index is 11.0. The van der Waals surface area contributed by atoms with Gasteiger partial charge in [-0.2, -0.15) is 0 Å². The molecule has 1 fully saturated rings. The largest absolute Gasteiger partial charge is 0.453 e. The van der Waals surface area contributed by atoms with Crippen LogP contribution < -0.4 is 14.8 Å². The van der Waals surface area contributed by atoms with Crippen LogP contribution in [-0.2, 0) is 0 Å². The summed E-state index contributed by atoms with van der Waals surface area (Å²) in [5, 5.41) is 14.4. The number of nitrogens with zero attached hydrogens (tertiary/aromatic N) is 1. The van der Waals surface area contributed by atoms with Crippen molar-refractivity contribution in [3.8, 4) is 11.5 Å². The molecule has 6 heteroatoms. The monoisotopic (exact) mass is 250 g/mol. The molecule has 1 saturated heterocycles. The van der Waals surface area contributed by atoms with Gasteiger partial charge in [0.1, 0.15) is 0 Å². The fourth-order valence-electron chi connectivity index (χ4n) is 2.49. The second kappa shape index (κ2) is 4.45. The van der Waals surface area contributed by atoms with E-state index < -0.39 is 4.92 Å². The van der Waals surface area contributed by atoms with E-state index in [1.807, 2.05) is 6.07 Å². The van der Waals surface area contributed by atoms with Gasteiger partial charge in [-0.3, -0.25) is 10.1 Å². The van der Waals surface area contributed by atoms with Gasteiger partial charge in [-0.15, -0.1) is 0 Å². The van der Waals surface area contributed by atoms with Crippen molar-refractivity contribution in [3.05, 3.63) is 27.8 Å². The lowest BCUT2D eigenvalue weighted by Gasteiger charge is -2.23. The van der Waals surface area contributed by atoms with Crippen LogP contribution in [0.2, 0.25) is 0 Å². The lowest BCUT2D eigenvalue weighted by atomic mass is 9.97. The number of nitro groups is 1. The van der Waals surface area contributed by atoms with Gasteiger partial charge in [0.25, 0.3) is 0 Å². The van der Waals surface area contributed by atoms with Crippen molar-refractivity contribution < 1.29 is 14.4 Å². The van der Waals surface area contributed by atoms with Crippen molar-refractivity contribution in [1.29, 1.82) is 0 Å². The van der Waals surface area contributed by atoms with Crippen molar-refractivity contribution in [2.45, 2.75) is 25.3 Å². The SMILES string of the molecule is O=[N+]([O-])c1cc(C2CCCCN2)cc2c1OCO2. The van der Waals surface area contributed by atoms with E-state index in [0.717, 1.165) is 31.4 Å². The van der Waals surface area contributed by atoms with E-state index in [4.69, 9.17) is 9.47 Å². The van der Waals surface area contributed by atoms with Crippen LogP contribution in [-0.4, -0.2) is 18.3 Å². The van der Waals surface area contributed by atoms with Gasteiger partial charge in [-0.25, -0.2) is 0 Å². The van der Waals surface area contributed by atoms with Crippen LogP contribution in [0, 0.1) is 10.1 Å². The van der Waals surface area contributed by atoms with E-state index in [1.165, 1.54) is 0 Å². The fraction of sp³-hybridized carbons (Fsp3) is 0.500. The minimum absolute atomic E-state index is 0.00706. The normalized spacial score (nSPS) is 21.9. The summed E-state index contributed by atoms with van der Waals surface area (Å²) >= 11 is 0. The van der Waals surface area contributed by atoms with Crippen molar-refractivity contribution in [3.63, 3.8) is 0 Å². The number of benzene rings is 1. The summed E-state index contributed by atoms with van der Waals surface area (Å²) in [7, 11) is 0. The zero-order chi connectivity index (χ0) is 12.5. The maximum absolute atomic E-state index is 11.0. The summed E-state index contributed by atoms with van der Waals surface area (Å²) in [6.07, 6.45) is 3.29. The Balaban J connectivity index is 2.00. The number of fused-ring (bicyclic) bond motifs is 1. The van der Waals surface area contributed by atoms with E-state index in [9.17, 15) is 10.1 Å². The van der Waals surface area contributed by atoms with Gasteiger partial charge < -0.3 is 14.8 Å². The zero-order valence-corrected chi connectivity index (χ0v) is 9.85. The highest BCUT2D eigenvalue weighted by Crippen LogP contribution is 2.43. The third kappa shape index (κ3) is 1.88. The van der Waals surface area contributed by atoms with Gasteiger partial charge in [-0.05, 0) is 31.0 Å². The molecular weight excluding hydrogens is 236 g/mol. The first-order valence-electron chi connectivity index (χ1n) is 6.07. The Morgan fingerprint density at radius 3 is 2.94 bits per heavy atom. The van der Waals surface area contributed by atoms with E-state index in [0.29, 0.717) is 5.75 Å². The van der Waals surface area contributed by atoms with Gasteiger partial charge in [-0.1, -0.05) is 6.42 Å². The molecule has 2 heterocycles. The highest BCUT2D eigenvalue weighted by molar-refractivity contribution is 5.59. The van der Waals surface area contributed by atoms with Gasteiger partial charge in [0.15, 0.2) is 5.75 Å². The molecule has 0 radical (unpaired) electrons. The predicted octanol–water partition coefficient (Wildman–Crippen LogP) is 2.14. The summed E-state index contributed by atoms with van der Waals surface area (Å²) in [5.74, 6) is 0.728. The van der Waals surface area contributed by atoms with Crippen molar-refractivity contribution in [2.24, 2.45) is 0 Å². The molecule has 96 valence electrons. The fourth-order valence-corrected chi connectivity index (χ4v) is 2.49. The molecule has 0 saturated carbocycles.